The topological polar surface area (TPSA) is 61.4 Å². The van der Waals surface area contributed by atoms with Crippen molar-refractivity contribution >= 4 is 11.6 Å². The van der Waals surface area contributed by atoms with E-state index in [1.54, 1.807) is 0 Å². The number of aliphatic hydroxyl groups excluding tert-OH is 1. The number of carbonyl (C=O) groups excluding carboxylic acids is 1. The summed E-state index contributed by atoms with van der Waals surface area (Å²) in [7, 11) is 0. The Morgan fingerprint density at radius 1 is 1.26 bits per heavy atom. The van der Waals surface area contributed by atoms with Gasteiger partial charge in [0.15, 0.2) is 0 Å². The van der Waals surface area contributed by atoms with E-state index in [-0.39, 0.29) is 17.9 Å². The van der Waals surface area contributed by atoms with Gasteiger partial charge in [0.2, 0.25) is 5.91 Å². The van der Waals surface area contributed by atoms with E-state index in [4.69, 9.17) is 5.11 Å². The molecule has 4 nitrogen and oxygen atoms in total. The van der Waals surface area contributed by atoms with E-state index in [1.165, 1.54) is 5.56 Å². The van der Waals surface area contributed by atoms with Gasteiger partial charge in [-0.2, -0.15) is 0 Å². The van der Waals surface area contributed by atoms with Crippen LogP contribution >= 0.6 is 0 Å². The highest BCUT2D eigenvalue weighted by Crippen LogP contribution is 2.24. The van der Waals surface area contributed by atoms with Gasteiger partial charge >= 0.3 is 0 Å². The van der Waals surface area contributed by atoms with Crippen LogP contribution in [-0.4, -0.2) is 30.7 Å². The third kappa shape index (κ3) is 5.85. The second kappa shape index (κ2) is 7.26. The summed E-state index contributed by atoms with van der Waals surface area (Å²) in [6, 6.07) is 7.94. The van der Waals surface area contributed by atoms with Crippen LogP contribution in [0.2, 0.25) is 0 Å². The molecule has 0 saturated carbocycles. The lowest BCUT2D eigenvalue weighted by Crippen LogP contribution is -2.24. The highest BCUT2D eigenvalue weighted by molar-refractivity contribution is 5.90. The van der Waals surface area contributed by atoms with Crippen LogP contribution in [0.4, 0.5) is 5.69 Å². The van der Waals surface area contributed by atoms with Crippen molar-refractivity contribution in [2.75, 3.05) is 25.0 Å². The number of anilines is 1. The summed E-state index contributed by atoms with van der Waals surface area (Å²) in [5.41, 5.74) is 2.10. The Kier molecular flexibility index (Phi) is 5.99. The molecule has 1 aromatic carbocycles. The first kappa shape index (κ1) is 15.7. The first-order valence-electron chi connectivity index (χ1n) is 6.65. The molecule has 1 amide bonds. The van der Waals surface area contributed by atoms with E-state index >= 15 is 0 Å². The lowest BCUT2D eigenvalue weighted by Gasteiger charge is -2.19. The summed E-state index contributed by atoms with van der Waals surface area (Å²) < 4.78 is 0. The molecule has 0 aliphatic heterocycles. The summed E-state index contributed by atoms with van der Waals surface area (Å²) in [6.45, 7) is 7.62. The predicted octanol–water partition coefficient (Wildman–Crippen LogP) is 1.89. The fraction of sp³-hybridized carbons (Fsp3) is 0.533. The third-order valence-corrected chi connectivity index (χ3v) is 2.83. The molecule has 0 saturated heterocycles. The fourth-order valence-electron chi connectivity index (χ4n) is 1.69. The summed E-state index contributed by atoms with van der Waals surface area (Å²) in [5, 5.41) is 14.5. The highest BCUT2D eigenvalue weighted by atomic mass is 16.3. The molecule has 0 aromatic heterocycles. The Hall–Kier alpha value is -1.39. The minimum atomic E-state index is -0.0171. The van der Waals surface area contributed by atoms with Crippen LogP contribution in [-0.2, 0) is 10.2 Å². The van der Waals surface area contributed by atoms with Gasteiger partial charge < -0.3 is 15.7 Å². The average molecular weight is 264 g/mol. The summed E-state index contributed by atoms with van der Waals surface area (Å²) in [4.78, 5) is 11.7. The van der Waals surface area contributed by atoms with Crippen molar-refractivity contribution in [3.8, 4) is 0 Å². The molecule has 19 heavy (non-hydrogen) atoms. The SMILES string of the molecule is CC(C)(C)c1cccc(NC(=O)CCNCCO)c1. The zero-order valence-corrected chi connectivity index (χ0v) is 12.0. The Balaban J connectivity index is 2.50. The molecule has 0 aliphatic rings. The van der Waals surface area contributed by atoms with Crippen LogP contribution in [0.15, 0.2) is 24.3 Å². The second-order valence-corrected chi connectivity index (χ2v) is 5.60. The quantitative estimate of drug-likeness (QED) is 0.688. The molecule has 106 valence electrons. The van der Waals surface area contributed by atoms with E-state index in [1.807, 2.05) is 18.2 Å². The summed E-state index contributed by atoms with van der Waals surface area (Å²) in [5.74, 6) is -0.0171. The van der Waals surface area contributed by atoms with Crippen LogP contribution in [0.5, 0.6) is 0 Å². The number of aliphatic hydroxyl groups is 1. The summed E-state index contributed by atoms with van der Waals surface area (Å²) >= 11 is 0. The number of benzene rings is 1. The molecule has 0 radical (unpaired) electrons. The molecule has 0 aliphatic carbocycles. The van der Waals surface area contributed by atoms with Crippen molar-refractivity contribution < 1.29 is 9.90 Å². The van der Waals surface area contributed by atoms with Gasteiger partial charge in [0.25, 0.3) is 0 Å². The molecule has 3 N–H and O–H groups in total. The normalized spacial score (nSPS) is 11.4. The van der Waals surface area contributed by atoms with Gasteiger partial charge in [0.05, 0.1) is 6.61 Å². The molecule has 4 heteroatoms. The van der Waals surface area contributed by atoms with Gasteiger partial charge in [-0.1, -0.05) is 32.9 Å². The molecule has 0 heterocycles. The fourth-order valence-corrected chi connectivity index (χ4v) is 1.69. The maximum absolute atomic E-state index is 11.7. The predicted molar refractivity (Wildman–Crippen MR) is 78.3 cm³/mol. The Bertz CT molecular complexity index is 411. The van der Waals surface area contributed by atoms with Gasteiger partial charge in [-0.3, -0.25) is 4.79 Å². The van der Waals surface area contributed by atoms with E-state index in [0.29, 0.717) is 19.5 Å². The van der Waals surface area contributed by atoms with Crippen molar-refractivity contribution in [3.63, 3.8) is 0 Å². The van der Waals surface area contributed by atoms with Crippen LogP contribution in [0.25, 0.3) is 0 Å². The zero-order valence-electron chi connectivity index (χ0n) is 12.0. The van der Waals surface area contributed by atoms with Crippen molar-refractivity contribution in [3.05, 3.63) is 29.8 Å². The Morgan fingerprint density at radius 2 is 2.00 bits per heavy atom. The maximum atomic E-state index is 11.7. The van der Waals surface area contributed by atoms with Crippen LogP contribution < -0.4 is 10.6 Å². The molecular weight excluding hydrogens is 240 g/mol. The summed E-state index contributed by atoms with van der Waals surface area (Å²) in [6.07, 6.45) is 0.403. The molecule has 0 bridgehead atoms. The Morgan fingerprint density at radius 3 is 2.63 bits per heavy atom. The standard InChI is InChI=1S/C15H24N2O2/c1-15(2,3)12-5-4-6-13(11-12)17-14(19)7-8-16-9-10-18/h4-6,11,16,18H,7-10H2,1-3H3,(H,17,19). The lowest BCUT2D eigenvalue weighted by molar-refractivity contribution is -0.116. The average Bonchev–Trinajstić information content (AvgIpc) is 2.34. The van der Waals surface area contributed by atoms with Gasteiger partial charge in [-0.05, 0) is 23.1 Å². The monoisotopic (exact) mass is 264 g/mol. The van der Waals surface area contributed by atoms with Crippen molar-refractivity contribution in [2.24, 2.45) is 0 Å². The first-order valence-corrected chi connectivity index (χ1v) is 6.65. The first-order chi connectivity index (χ1) is 8.93. The van der Waals surface area contributed by atoms with Crippen molar-refractivity contribution in [2.45, 2.75) is 32.6 Å². The number of nitrogens with one attached hydrogen (secondary N) is 2. The van der Waals surface area contributed by atoms with E-state index in [0.717, 1.165) is 5.69 Å². The number of hydrogen-bond donors (Lipinski definition) is 3. The number of carbonyl (C=O) groups is 1. The van der Waals surface area contributed by atoms with Crippen LogP contribution in [0.3, 0.4) is 0 Å². The molecule has 1 aromatic rings. The van der Waals surface area contributed by atoms with Crippen LogP contribution in [0, 0.1) is 0 Å². The third-order valence-electron chi connectivity index (χ3n) is 2.83. The highest BCUT2D eigenvalue weighted by Gasteiger charge is 2.14. The van der Waals surface area contributed by atoms with Gasteiger partial charge in [-0.25, -0.2) is 0 Å². The minimum Gasteiger partial charge on any atom is -0.395 e. The molecular formula is C15H24N2O2. The Labute approximate surface area is 115 Å². The van der Waals surface area contributed by atoms with Gasteiger partial charge in [0.1, 0.15) is 0 Å². The molecule has 0 fully saturated rings. The van der Waals surface area contributed by atoms with Gasteiger partial charge in [0, 0.05) is 25.2 Å². The largest absolute Gasteiger partial charge is 0.395 e. The minimum absolute atomic E-state index is 0.0171. The van der Waals surface area contributed by atoms with Gasteiger partial charge in [-0.15, -0.1) is 0 Å². The van der Waals surface area contributed by atoms with E-state index in [9.17, 15) is 4.79 Å². The number of rotatable bonds is 6. The van der Waals surface area contributed by atoms with Crippen molar-refractivity contribution in [1.82, 2.24) is 5.32 Å². The smallest absolute Gasteiger partial charge is 0.225 e. The van der Waals surface area contributed by atoms with Crippen molar-refractivity contribution in [1.29, 1.82) is 0 Å². The molecule has 0 spiro atoms. The maximum Gasteiger partial charge on any atom is 0.225 e. The molecule has 0 unspecified atom stereocenters. The molecule has 1 rings (SSSR count). The van der Waals surface area contributed by atoms with E-state index < -0.39 is 0 Å². The number of hydrogen-bond acceptors (Lipinski definition) is 3. The molecule has 0 atom stereocenters. The van der Waals surface area contributed by atoms with Crippen LogP contribution in [0.1, 0.15) is 32.8 Å². The second-order valence-electron chi connectivity index (χ2n) is 5.60. The zero-order chi connectivity index (χ0) is 14.3. The van der Waals surface area contributed by atoms with E-state index in [2.05, 4.69) is 37.5 Å². The number of amides is 1. The lowest BCUT2D eigenvalue weighted by atomic mass is 9.87.